The Balaban J connectivity index is 1.29. The van der Waals surface area contributed by atoms with Gasteiger partial charge in [0, 0.05) is 17.4 Å². The molecule has 0 aliphatic heterocycles. The fraction of sp³-hybridized carbons (Fsp3) is 0.217. The van der Waals surface area contributed by atoms with Gasteiger partial charge in [-0.3, -0.25) is 4.79 Å². The zero-order chi connectivity index (χ0) is 21.6. The first-order valence-corrected chi connectivity index (χ1v) is 9.94. The van der Waals surface area contributed by atoms with Crippen molar-refractivity contribution in [3.63, 3.8) is 0 Å². The van der Waals surface area contributed by atoms with Crippen LogP contribution in [0, 0.1) is 0 Å². The molecule has 31 heavy (non-hydrogen) atoms. The molecule has 1 heterocycles. The Morgan fingerprint density at radius 2 is 1.61 bits per heavy atom. The van der Waals surface area contributed by atoms with Crippen LogP contribution in [0.2, 0.25) is 0 Å². The van der Waals surface area contributed by atoms with Gasteiger partial charge < -0.3 is 29.8 Å². The van der Waals surface area contributed by atoms with Crippen LogP contribution in [0.25, 0.3) is 0 Å². The minimum Gasteiger partial charge on any atom is -0.493 e. The van der Waals surface area contributed by atoms with Gasteiger partial charge in [0.2, 0.25) is 0 Å². The molecule has 8 nitrogen and oxygen atoms in total. The summed E-state index contributed by atoms with van der Waals surface area (Å²) in [6.45, 7) is 0.164. The van der Waals surface area contributed by atoms with E-state index in [9.17, 15) is 9.59 Å². The molecule has 3 aromatic rings. The van der Waals surface area contributed by atoms with Gasteiger partial charge in [0.25, 0.3) is 5.91 Å². The highest BCUT2D eigenvalue weighted by atomic mass is 16.5. The minimum absolute atomic E-state index is 0.164. The number of rotatable bonds is 8. The van der Waals surface area contributed by atoms with Crippen LogP contribution in [0.1, 0.15) is 29.2 Å². The fourth-order valence-corrected chi connectivity index (χ4v) is 2.87. The van der Waals surface area contributed by atoms with Crippen LogP contribution in [0.5, 0.6) is 11.5 Å². The number of methoxy groups -OCH3 is 1. The van der Waals surface area contributed by atoms with E-state index in [1.807, 2.05) is 12.1 Å². The Bertz CT molecular complexity index is 1060. The van der Waals surface area contributed by atoms with E-state index in [2.05, 4.69) is 16.0 Å². The van der Waals surface area contributed by atoms with Gasteiger partial charge in [-0.15, -0.1) is 0 Å². The van der Waals surface area contributed by atoms with Crippen LogP contribution in [-0.4, -0.2) is 25.1 Å². The minimum atomic E-state index is -0.379. The van der Waals surface area contributed by atoms with E-state index in [0.29, 0.717) is 28.6 Å². The molecule has 1 aliphatic carbocycles. The Hall–Kier alpha value is -3.94. The molecular formula is C23H23N3O5. The predicted octanol–water partition coefficient (Wildman–Crippen LogP) is 4.40. The van der Waals surface area contributed by atoms with Crippen molar-refractivity contribution < 1.29 is 23.5 Å². The van der Waals surface area contributed by atoms with Gasteiger partial charge in [0.15, 0.2) is 17.3 Å². The summed E-state index contributed by atoms with van der Waals surface area (Å²) in [7, 11) is 1.57. The molecule has 0 unspecified atom stereocenters. The highest BCUT2D eigenvalue weighted by Crippen LogP contribution is 2.27. The van der Waals surface area contributed by atoms with Crippen molar-refractivity contribution in [1.82, 2.24) is 5.32 Å². The van der Waals surface area contributed by atoms with Crippen molar-refractivity contribution in [2.24, 2.45) is 0 Å². The number of urea groups is 1. The Kier molecular flexibility index (Phi) is 6.07. The molecule has 0 radical (unpaired) electrons. The summed E-state index contributed by atoms with van der Waals surface area (Å²) in [6, 6.07) is 17.5. The van der Waals surface area contributed by atoms with E-state index in [-0.39, 0.29) is 30.3 Å². The molecule has 1 aliphatic rings. The molecule has 160 valence electrons. The van der Waals surface area contributed by atoms with Crippen LogP contribution >= 0.6 is 0 Å². The number of nitrogens with one attached hydrogen (secondary N) is 3. The van der Waals surface area contributed by atoms with Gasteiger partial charge in [0.1, 0.15) is 12.4 Å². The molecule has 1 saturated carbocycles. The lowest BCUT2D eigenvalue weighted by molar-refractivity contribution is 0.0992. The Morgan fingerprint density at radius 1 is 0.935 bits per heavy atom. The third-order valence-electron chi connectivity index (χ3n) is 4.64. The molecule has 1 fully saturated rings. The summed E-state index contributed by atoms with van der Waals surface area (Å²) in [4.78, 5) is 24.2. The van der Waals surface area contributed by atoms with Crippen molar-refractivity contribution in [2.75, 3.05) is 17.7 Å². The summed E-state index contributed by atoms with van der Waals surface area (Å²) in [5.74, 6) is 1.51. The van der Waals surface area contributed by atoms with E-state index in [0.717, 1.165) is 12.8 Å². The van der Waals surface area contributed by atoms with Crippen molar-refractivity contribution in [1.29, 1.82) is 0 Å². The van der Waals surface area contributed by atoms with E-state index >= 15 is 0 Å². The van der Waals surface area contributed by atoms with Crippen LogP contribution in [0.4, 0.5) is 16.2 Å². The van der Waals surface area contributed by atoms with Gasteiger partial charge in [-0.2, -0.15) is 0 Å². The quantitative estimate of drug-likeness (QED) is 0.500. The van der Waals surface area contributed by atoms with E-state index in [1.54, 1.807) is 55.6 Å². The first-order valence-electron chi connectivity index (χ1n) is 9.94. The standard InChI is InChI=1S/C23H23N3O5/c1-29-19-4-2-3-5-20(19)30-14-18-12-13-21(31-18)22(27)24-15-6-8-16(9-7-15)25-23(28)26-17-10-11-17/h2-9,12-13,17H,10-11,14H2,1H3,(H,24,27)(H2,25,26,28). The summed E-state index contributed by atoms with van der Waals surface area (Å²) < 4.78 is 16.5. The number of benzene rings is 2. The topological polar surface area (TPSA) is 102 Å². The van der Waals surface area contributed by atoms with Crippen molar-refractivity contribution in [3.05, 3.63) is 72.2 Å². The van der Waals surface area contributed by atoms with Gasteiger partial charge >= 0.3 is 6.03 Å². The second-order valence-corrected chi connectivity index (χ2v) is 7.11. The predicted molar refractivity (Wildman–Crippen MR) is 116 cm³/mol. The van der Waals surface area contributed by atoms with Gasteiger partial charge in [-0.1, -0.05) is 12.1 Å². The van der Waals surface area contributed by atoms with Crippen molar-refractivity contribution >= 4 is 23.3 Å². The van der Waals surface area contributed by atoms with E-state index in [1.165, 1.54) is 0 Å². The number of furan rings is 1. The van der Waals surface area contributed by atoms with Gasteiger partial charge in [-0.25, -0.2) is 4.79 Å². The molecule has 4 rings (SSSR count). The smallest absolute Gasteiger partial charge is 0.319 e. The number of amides is 3. The highest BCUT2D eigenvalue weighted by Gasteiger charge is 2.23. The molecule has 1 aromatic heterocycles. The SMILES string of the molecule is COc1ccccc1OCc1ccc(C(=O)Nc2ccc(NC(=O)NC3CC3)cc2)o1. The summed E-state index contributed by atoms with van der Waals surface area (Å²) in [5.41, 5.74) is 1.23. The summed E-state index contributed by atoms with van der Waals surface area (Å²) in [5, 5.41) is 8.38. The van der Waals surface area contributed by atoms with Crippen LogP contribution < -0.4 is 25.4 Å². The molecule has 0 saturated heterocycles. The van der Waals surface area contributed by atoms with Crippen molar-refractivity contribution in [2.45, 2.75) is 25.5 Å². The molecular weight excluding hydrogens is 398 g/mol. The normalized spacial score (nSPS) is 12.7. The highest BCUT2D eigenvalue weighted by molar-refractivity contribution is 6.02. The summed E-state index contributed by atoms with van der Waals surface area (Å²) >= 11 is 0. The number of carbonyl (C=O) groups excluding carboxylic acids is 2. The lowest BCUT2D eigenvalue weighted by atomic mass is 10.2. The summed E-state index contributed by atoms with van der Waals surface area (Å²) in [6.07, 6.45) is 2.05. The molecule has 0 spiro atoms. The molecule has 0 bridgehead atoms. The lowest BCUT2D eigenvalue weighted by Gasteiger charge is -2.09. The molecule has 3 amide bonds. The van der Waals surface area contributed by atoms with E-state index < -0.39 is 0 Å². The Morgan fingerprint density at radius 3 is 2.29 bits per heavy atom. The average molecular weight is 421 g/mol. The average Bonchev–Trinajstić information content (AvgIpc) is 3.46. The molecule has 0 atom stereocenters. The second kappa shape index (κ2) is 9.25. The zero-order valence-corrected chi connectivity index (χ0v) is 17.0. The molecule has 2 aromatic carbocycles. The maximum atomic E-state index is 12.4. The maximum Gasteiger partial charge on any atom is 0.319 e. The van der Waals surface area contributed by atoms with E-state index in [4.69, 9.17) is 13.9 Å². The fourth-order valence-electron chi connectivity index (χ4n) is 2.87. The number of ether oxygens (including phenoxy) is 2. The molecule has 3 N–H and O–H groups in total. The van der Waals surface area contributed by atoms with Gasteiger partial charge in [-0.05, 0) is 61.4 Å². The van der Waals surface area contributed by atoms with Gasteiger partial charge in [0.05, 0.1) is 7.11 Å². The number of hydrogen-bond acceptors (Lipinski definition) is 5. The first-order chi connectivity index (χ1) is 15.1. The zero-order valence-electron chi connectivity index (χ0n) is 17.0. The third kappa shape index (κ3) is 5.57. The lowest BCUT2D eigenvalue weighted by Crippen LogP contribution is -2.30. The van der Waals surface area contributed by atoms with Crippen LogP contribution in [0.15, 0.2) is 65.1 Å². The van der Waals surface area contributed by atoms with Crippen molar-refractivity contribution in [3.8, 4) is 11.5 Å². The Labute approximate surface area is 179 Å². The number of carbonyl (C=O) groups is 2. The maximum absolute atomic E-state index is 12.4. The first kappa shape index (κ1) is 20.3. The second-order valence-electron chi connectivity index (χ2n) is 7.11. The number of hydrogen-bond donors (Lipinski definition) is 3. The largest absolute Gasteiger partial charge is 0.493 e. The third-order valence-corrected chi connectivity index (χ3v) is 4.64. The van der Waals surface area contributed by atoms with Crippen LogP contribution in [-0.2, 0) is 6.61 Å². The number of para-hydroxylation sites is 2. The van der Waals surface area contributed by atoms with Crippen LogP contribution in [0.3, 0.4) is 0 Å². The monoisotopic (exact) mass is 421 g/mol. The molecule has 8 heteroatoms. The number of anilines is 2.